The molecule has 47 heavy (non-hydrogen) atoms. The van der Waals surface area contributed by atoms with Gasteiger partial charge >= 0.3 is 28.4 Å². The maximum atomic E-state index is 12.0. The Labute approximate surface area is 280 Å². The van der Waals surface area contributed by atoms with Crippen molar-refractivity contribution < 1.29 is 61.5 Å². The molecule has 0 saturated carbocycles. The van der Waals surface area contributed by atoms with Gasteiger partial charge in [0.15, 0.2) is 0 Å². The van der Waals surface area contributed by atoms with Gasteiger partial charge in [-0.2, -0.15) is 0 Å². The molecule has 0 aliphatic heterocycles. The van der Waals surface area contributed by atoms with Crippen LogP contribution in [-0.2, 0) is 36.7 Å². The molecule has 0 aromatic heterocycles. The van der Waals surface area contributed by atoms with E-state index >= 15 is 0 Å². The van der Waals surface area contributed by atoms with E-state index in [0.717, 1.165) is 0 Å². The Balaban J connectivity index is 0.000000208. The molecular weight excluding hydrogens is 691 g/mol. The number of hydrogen-bond acceptors (Lipinski definition) is 10. The van der Waals surface area contributed by atoms with Gasteiger partial charge in [-0.3, -0.25) is 0 Å². The van der Waals surface area contributed by atoms with Crippen molar-refractivity contribution in [1.82, 2.24) is 0 Å². The largest absolute Gasteiger partial charge is 2.00 e. The van der Waals surface area contributed by atoms with Crippen LogP contribution >= 0.6 is 0 Å². The maximum Gasteiger partial charge on any atom is 2.00 e. The first-order chi connectivity index (χ1) is 21.9. The van der Waals surface area contributed by atoms with Crippen LogP contribution in [0.3, 0.4) is 0 Å². The third kappa shape index (κ3) is 9.10. The Bertz CT molecular complexity index is 2130. The summed E-state index contributed by atoms with van der Waals surface area (Å²) in [6.07, 6.45) is 0. The van der Waals surface area contributed by atoms with Crippen LogP contribution in [0.2, 0.25) is 0 Å². The van der Waals surface area contributed by atoms with E-state index in [1.54, 1.807) is 97.1 Å². The number of hydrogen-bond donors (Lipinski definition) is 0. The van der Waals surface area contributed by atoms with Crippen LogP contribution in [0.25, 0.3) is 21.5 Å². The van der Waals surface area contributed by atoms with E-state index in [0.29, 0.717) is 44.2 Å². The average Bonchev–Trinajstić information content (AvgIpc) is 3.04. The first kappa shape index (κ1) is 35.0. The normalized spacial score (nSPS) is 11.1. The van der Waals surface area contributed by atoms with Gasteiger partial charge in [-0.15, -0.1) is 0 Å². The number of rotatable bonds is 6. The predicted molar refractivity (Wildman–Crippen MR) is 167 cm³/mol. The second-order valence-electron chi connectivity index (χ2n) is 9.76. The van der Waals surface area contributed by atoms with Crippen LogP contribution in [0.15, 0.2) is 143 Å². The Hall–Kier alpha value is -4.91. The van der Waals surface area contributed by atoms with Gasteiger partial charge in [0.25, 0.3) is 0 Å². The van der Waals surface area contributed by atoms with E-state index in [4.69, 9.17) is 9.47 Å². The van der Waals surface area contributed by atoms with Crippen molar-refractivity contribution in [2.45, 2.75) is 9.79 Å². The van der Waals surface area contributed by atoms with Crippen molar-refractivity contribution in [1.29, 1.82) is 0 Å². The van der Waals surface area contributed by atoms with Crippen LogP contribution in [0.1, 0.15) is 20.7 Å². The van der Waals surface area contributed by atoms with E-state index < -0.39 is 32.2 Å². The minimum atomic E-state index is -4.49. The quantitative estimate of drug-likeness (QED) is 0.0875. The van der Waals surface area contributed by atoms with Gasteiger partial charge in [-0.1, -0.05) is 60.7 Å². The Morgan fingerprint density at radius 3 is 1.11 bits per heavy atom. The fraction of sp³-hybridized carbons (Fsp3) is 0. The number of carbonyl (C=O) groups is 2. The van der Waals surface area contributed by atoms with Crippen molar-refractivity contribution in [2.75, 3.05) is 0 Å². The van der Waals surface area contributed by atoms with Crippen molar-refractivity contribution in [2.24, 2.45) is 0 Å². The molecule has 0 unspecified atom stereocenters. The zero-order valence-corrected chi connectivity index (χ0v) is 26.5. The summed E-state index contributed by atoms with van der Waals surface area (Å²) < 4.78 is 76.7. The Kier molecular flexibility index (Phi) is 10.9. The number of benzene rings is 6. The second kappa shape index (κ2) is 14.7. The average molecular weight is 713 g/mol. The fourth-order valence-electron chi connectivity index (χ4n) is 4.32. The molecule has 240 valence electrons. The molecule has 0 bridgehead atoms. The molecule has 0 spiro atoms. The van der Waals surface area contributed by atoms with Gasteiger partial charge in [-0.25, -0.2) is 26.4 Å². The second-order valence-corrected chi connectivity index (χ2v) is 12.5. The molecule has 0 radical (unpaired) electrons. The summed E-state index contributed by atoms with van der Waals surface area (Å²) in [7, 11) is -8.99. The maximum absolute atomic E-state index is 12.0. The van der Waals surface area contributed by atoms with Crippen LogP contribution in [0.5, 0.6) is 11.5 Å². The summed E-state index contributed by atoms with van der Waals surface area (Å²) in [5.41, 5.74) is 0.862. The van der Waals surface area contributed by atoms with Gasteiger partial charge in [-0.05, 0) is 94.3 Å². The summed E-state index contributed by atoms with van der Waals surface area (Å²) in [6, 6.07) is 34.7. The van der Waals surface area contributed by atoms with Gasteiger partial charge in [0, 0.05) is 0 Å². The minimum absolute atomic E-state index is 0. The van der Waals surface area contributed by atoms with E-state index in [-0.39, 0.29) is 26.3 Å². The third-order valence-corrected chi connectivity index (χ3v) is 8.25. The number of esters is 2. The topological polar surface area (TPSA) is 167 Å². The number of carbonyl (C=O) groups excluding carboxylic acids is 2. The Morgan fingerprint density at radius 2 is 0.766 bits per heavy atom. The van der Waals surface area contributed by atoms with E-state index in [1.807, 2.05) is 0 Å². The summed E-state index contributed by atoms with van der Waals surface area (Å²) in [5.74, 6) is -0.291. The number of fused-ring (bicyclic) bond motifs is 2. The molecule has 6 aromatic carbocycles. The van der Waals surface area contributed by atoms with Crippen LogP contribution in [0.4, 0.5) is 0 Å². The Morgan fingerprint density at radius 1 is 0.447 bits per heavy atom. The first-order valence-corrected chi connectivity index (χ1v) is 16.2. The van der Waals surface area contributed by atoms with Gasteiger partial charge < -0.3 is 18.6 Å². The molecule has 0 aliphatic rings. The summed E-state index contributed by atoms with van der Waals surface area (Å²) in [5, 5.41) is 2.47. The molecule has 0 amide bonds. The zero-order valence-electron chi connectivity index (χ0n) is 23.9. The van der Waals surface area contributed by atoms with E-state index in [2.05, 4.69) is 0 Å². The monoisotopic (exact) mass is 712 g/mol. The molecule has 0 heterocycles. The molecule has 0 N–H and O–H groups in total. The molecule has 0 saturated heterocycles. The third-order valence-electron chi connectivity index (χ3n) is 6.58. The van der Waals surface area contributed by atoms with Crippen molar-refractivity contribution in [3.8, 4) is 11.5 Å². The molecular formula is C34H22NiO10S2. The van der Waals surface area contributed by atoms with Crippen molar-refractivity contribution in [3.05, 3.63) is 145 Å². The molecule has 6 aromatic rings. The van der Waals surface area contributed by atoms with Gasteiger partial charge in [0.1, 0.15) is 31.7 Å². The molecule has 13 heteroatoms. The predicted octanol–water partition coefficient (Wildman–Crippen LogP) is 5.92. The van der Waals surface area contributed by atoms with Crippen molar-refractivity contribution in [3.63, 3.8) is 0 Å². The molecule has 0 aliphatic carbocycles. The molecule has 10 nitrogen and oxygen atoms in total. The van der Waals surface area contributed by atoms with E-state index in [9.17, 15) is 35.5 Å². The van der Waals surface area contributed by atoms with Crippen LogP contribution in [0, 0.1) is 0 Å². The van der Waals surface area contributed by atoms with Gasteiger partial charge in [0.2, 0.25) is 0 Å². The smallest absolute Gasteiger partial charge is 0.744 e. The summed E-state index contributed by atoms with van der Waals surface area (Å²) >= 11 is 0. The van der Waals surface area contributed by atoms with Crippen LogP contribution < -0.4 is 9.47 Å². The number of ether oxygens (including phenoxy) is 2. The van der Waals surface area contributed by atoms with Crippen molar-refractivity contribution >= 4 is 53.7 Å². The summed E-state index contributed by atoms with van der Waals surface area (Å²) in [6.45, 7) is 0. The first-order valence-electron chi connectivity index (χ1n) is 13.4. The van der Waals surface area contributed by atoms with E-state index in [1.165, 1.54) is 36.4 Å². The molecule has 6 rings (SSSR count). The summed E-state index contributed by atoms with van der Waals surface area (Å²) in [4.78, 5) is 23.4. The standard InChI is InChI=1S/2C17H12O5S.Ni/c2*18-17(12-4-2-1-3-5-12)22-15-8-6-14-11-16(23(19,20)21)9-7-13(14)10-15;/h2*1-11H,(H,19,20,21);/q;;+2/p-2. The fourth-order valence-corrected chi connectivity index (χ4v) is 5.33. The SMILES string of the molecule is O=C(Oc1ccc2cc(S(=O)(=O)[O-])ccc2c1)c1ccccc1.O=C(Oc1ccc2cc(S(=O)(=O)[O-])ccc2c1)c1ccccc1.[Ni+2]. The van der Waals surface area contributed by atoms with Gasteiger partial charge in [0.05, 0.1) is 20.9 Å². The zero-order chi connectivity index (χ0) is 32.9. The molecule has 0 fully saturated rings. The van der Waals surface area contributed by atoms with Crippen LogP contribution in [-0.4, -0.2) is 37.9 Å². The minimum Gasteiger partial charge on any atom is -0.744 e. The molecule has 0 atom stereocenters.